The summed E-state index contributed by atoms with van der Waals surface area (Å²) in [7, 11) is 0. The Kier molecular flexibility index (Phi) is 7.51. The molecule has 0 amide bonds. The van der Waals surface area contributed by atoms with E-state index in [0.29, 0.717) is 0 Å². The summed E-state index contributed by atoms with van der Waals surface area (Å²) in [4.78, 5) is 0. The first kappa shape index (κ1) is 6.65. The Balaban J connectivity index is 2.19. The first-order valence-corrected chi connectivity index (χ1v) is 2.75. The molecule has 0 radical (unpaired) electrons. The van der Waals surface area contributed by atoms with Crippen LogP contribution in [0.1, 0.15) is 0 Å². The monoisotopic (exact) mass is 228 g/mol. The Bertz CT molecular complexity index is 12.4. The molecule has 5 heavy (non-hydrogen) atoms. The van der Waals surface area contributed by atoms with Crippen LogP contribution in [0.5, 0.6) is 0 Å². The van der Waals surface area contributed by atoms with Gasteiger partial charge < -0.3 is 0 Å². The molecule has 0 aliphatic carbocycles. The van der Waals surface area contributed by atoms with E-state index in [9.17, 15) is 0 Å². The van der Waals surface area contributed by atoms with Crippen LogP contribution in [-0.4, -0.2) is 0 Å². The quantitative estimate of drug-likeness (QED) is 0.485. The van der Waals surface area contributed by atoms with Gasteiger partial charge in [-0.3, -0.25) is 0 Å². The van der Waals surface area contributed by atoms with E-state index in [0.717, 1.165) is 50.3 Å². The van der Waals surface area contributed by atoms with E-state index in [-0.39, 0.29) is 0 Å². The van der Waals surface area contributed by atoms with Crippen molar-refractivity contribution in [3.8, 4) is 0 Å². The van der Waals surface area contributed by atoms with Gasteiger partial charge in [-0.15, -0.1) is 0 Å². The molecule has 0 unspecified atom stereocenters. The summed E-state index contributed by atoms with van der Waals surface area (Å²) in [5, 5.41) is 3.91. The molecule has 0 aliphatic heterocycles. The minimum absolute atomic E-state index is 0.852. The van der Waals surface area contributed by atoms with Gasteiger partial charge in [-0.1, -0.05) is 0 Å². The van der Waals surface area contributed by atoms with Crippen LogP contribution < -0.4 is 0 Å². The molecule has 0 rings (SSSR count). The molecular weight excluding hydrogens is 230 g/mol. The molecule has 26 valence electrons. The van der Waals surface area contributed by atoms with Crippen LogP contribution in [0.4, 0.5) is 0 Å². The van der Waals surface area contributed by atoms with Crippen LogP contribution in [0.15, 0.2) is 0 Å². The van der Waals surface area contributed by atoms with Gasteiger partial charge in [0.25, 0.3) is 0 Å². The second-order valence-corrected chi connectivity index (χ2v) is 1.05. The number of hydrogen-bond acceptors (Lipinski definition) is 3. The molecule has 3 nitrogen and oxygen atoms in total. The zero-order valence-electron chi connectivity index (χ0n) is 2.22. The number of rotatable bonds is 2. The Labute approximate surface area is 60.8 Å². The van der Waals surface area contributed by atoms with Crippen molar-refractivity contribution in [2.45, 2.75) is 0 Å². The first-order chi connectivity index (χ1) is 2.41. The molecule has 5 heteroatoms. The van der Waals surface area contributed by atoms with E-state index in [4.69, 9.17) is 0 Å². The molecule has 0 N–H and O–H groups in total. The fourth-order valence-corrected chi connectivity index (χ4v) is 0.595. The van der Waals surface area contributed by atoms with Gasteiger partial charge in [0.05, 0.1) is 0 Å². The molecular formula is O3Zr2. The topological polar surface area (TPSA) is 27.7 Å². The van der Waals surface area contributed by atoms with E-state index in [1.807, 2.05) is 0 Å². The third-order valence-corrected chi connectivity index (χ3v) is 0.403. The normalized spacial score (nSPS) is 7.60. The maximum atomic E-state index is 4.08. The summed E-state index contributed by atoms with van der Waals surface area (Å²) in [5.74, 6) is 0. The van der Waals surface area contributed by atoms with E-state index < -0.39 is 0 Å². The molecule has 0 fully saturated rings. The van der Waals surface area contributed by atoms with Crippen LogP contribution in [0, 0.1) is 0 Å². The molecule has 0 saturated carbocycles. The summed E-state index contributed by atoms with van der Waals surface area (Å²) in [6.45, 7) is 0. The third kappa shape index (κ3) is 5.65. The summed E-state index contributed by atoms with van der Waals surface area (Å²) < 4.78 is 8.16. The van der Waals surface area contributed by atoms with Gasteiger partial charge >= 0.3 is 61.3 Å². The van der Waals surface area contributed by atoms with Crippen molar-refractivity contribution in [2.24, 2.45) is 0 Å². The summed E-state index contributed by atoms with van der Waals surface area (Å²) >= 11 is 1.70. The van der Waals surface area contributed by atoms with Crippen molar-refractivity contribution in [1.29, 1.82) is 0 Å². The molecule has 0 heterocycles. The van der Waals surface area contributed by atoms with Gasteiger partial charge in [0.1, 0.15) is 0 Å². The molecule has 0 aromatic heterocycles. The zero-order chi connectivity index (χ0) is 4.12. The Morgan fingerprint density at radius 3 is 1.40 bits per heavy atom. The predicted octanol–water partition coefficient (Wildman–Crippen LogP) is -0.210. The molecule has 0 bridgehead atoms. The fourth-order valence-electron chi connectivity index (χ4n) is 0.0170. The standard InChI is InChI=1S/H2O3.2Zr/c1-3-2;;/h1-2H;;/q;2*+1/p-2. The van der Waals surface area contributed by atoms with Gasteiger partial charge in [0.2, 0.25) is 0 Å². The third-order valence-electron chi connectivity index (χ3n) is 0.0680. The Morgan fingerprint density at radius 1 is 1.00 bits per heavy atom. The average molecular weight is 230 g/mol. The van der Waals surface area contributed by atoms with Crippen molar-refractivity contribution in [3.63, 3.8) is 0 Å². The molecule has 0 aliphatic rings. The van der Waals surface area contributed by atoms with Crippen LogP contribution in [-0.2, 0) is 61.3 Å². The summed E-state index contributed by atoms with van der Waals surface area (Å²) in [5.41, 5.74) is 0. The minimum atomic E-state index is 0.852. The SMILES string of the molecule is [Zr][O]O[O][Zr]. The number of hydrogen-bond donors (Lipinski definition) is 0. The Hall–Kier alpha value is 1.65. The van der Waals surface area contributed by atoms with Crippen molar-refractivity contribution < 1.29 is 61.3 Å². The van der Waals surface area contributed by atoms with E-state index >= 15 is 0 Å². The molecule has 0 spiro atoms. The van der Waals surface area contributed by atoms with Gasteiger partial charge in [-0.25, -0.2) is 0 Å². The van der Waals surface area contributed by atoms with E-state index in [1.165, 1.54) is 0 Å². The molecule has 0 saturated heterocycles. The van der Waals surface area contributed by atoms with Crippen molar-refractivity contribution in [3.05, 3.63) is 0 Å². The van der Waals surface area contributed by atoms with Crippen molar-refractivity contribution >= 4 is 0 Å². The summed E-state index contributed by atoms with van der Waals surface area (Å²) in [6, 6.07) is 0. The van der Waals surface area contributed by atoms with Gasteiger partial charge in [-0.05, 0) is 0 Å². The van der Waals surface area contributed by atoms with Gasteiger partial charge in [-0.2, -0.15) is 0 Å². The first-order valence-electron chi connectivity index (χ1n) is 0.742. The van der Waals surface area contributed by atoms with Crippen LogP contribution in [0.2, 0.25) is 0 Å². The van der Waals surface area contributed by atoms with Crippen LogP contribution >= 0.6 is 0 Å². The molecule has 0 atom stereocenters. The average Bonchev–Trinajstić information content (AvgIpc) is 1.41. The van der Waals surface area contributed by atoms with Crippen LogP contribution in [0.25, 0.3) is 0 Å². The van der Waals surface area contributed by atoms with Gasteiger partial charge in [0.15, 0.2) is 0 Å². The van der Waals surface area contributed by atoms with Crippen molar-refractivity contribution in [1.82, 2.24) is 0 Å². The van der Waals surface area contributed by atoms with Gasteiger partial charge in [0, 0.05) is 0 Å². The van der Waals surface area contributed by atoms with E-state index in [2.05, 4.69) is 11.0 Å². The molecule has 0 aromatic rings. The summed E-state index contributed by atoms with van der Waals surface area (Å²) in [6.07, 6.45) is 0. The maximum absolute atomic E-state index is 4.08. The van der Waals surface area contributed by atoms with Crippen LogP contribution in [0.3, 0.4) is 0 Å². The predicted molar refractivity (Wildman–Crippen MR) is 3.25 cm³/mol. The van der Waals surface area contributed by atoms with Crippen molar-refractivity contribution in [2.75, 3.05) is 0 Å². The fraction of sp³-hybridized carbons (Fsp3) is 0. The second-order valence-electron chi connectivity index (χ2n) is 0.235. The Morgan fingerprint density at radius 2 is 1.40 bits per heavy atom. The molecule has 0 aromatic carbocycles. The zero-order valence-corrected chi connectivity index (χ0v) is 7.14. The second kappa shape index (κ2) is 5.65. The van der Waals surface area contributed by atoms with E-state index in [1.54, 1.807) is 0 Å².